The van der Waals surface area contributed by atoms with Crippen LogP contribution in [0.4, 0.5) is 0 Å². The van der Waals surface area contributed by atoms with Gasteiger partial charge >= 0.3 is 129 Å². The molecule has 0 N–H and O–H groups in total. The Morgan fingerprint density at radius 2 is 2.10 bits per heavy atom. The molecule has 0 aliphatic carbocycles. The van der Waals surface area contributed by atoms with Crippen molar-refractivity contribution in [2.45, 2.75) is 6.92 Å². The molecule has 0 fully saturated rings. The average Bonchev–Trinajstić information content (AvgIpc) is 2.89. The Kier molecular flexibility index (Phi) is 3.56. The van der Waals surface area contributed by atoms with E-state index in [2.05, 4.69) is 34.6 Å². The molecule has 0 aliphatic rings. The summed E-state index contributed by atoms with van der Waals surface area (Å²) in [7, 11) is 0. The third kappa shape index (κ3) is 2.24. The number of imidazole rings is 1. The van der Waals surface area contributed by atoms with Crippen molar-refractivity contribution >= 4 is 45.4 Å². The van der Waals surface area contributed by atoms with Crippen molar-refractivity contribution in [1.29, 1.82) is 0 Å². The summed E-state index contributed by atoms with van der Waals surface area (Å²) in [4.78, 5) is 19.4. The number of aromatic nitrogens is 3. The van der Waals surface area contributed by atoms with Gasteiger partial charge < -0.3 is 0 Å². The van der Waals surface area contributed by atoms with Crippen molar-refractivity contribution < 1.29 is 4.79 Å². The summed E-state index contributed by atoms with van der Waals surface area (Å²) >= 11 is -1.12. The Morgan fingerprint density at radius 1 is 1.25 bits per heavy atom. The van der Waals surface area contributed by atoms with Gasteiger partial charge in [0.05, 0.1) is 0 Å². The summed E-state index contributed by atoms with van der Waals surface area (Å²) in [6, 6.07) is 8.20. The summed E-state index contributed by atoms with van der Waals surface area (Å²) in [6.45, 7) is 1.89. The Labute approximate surface area is 128 Å². The Hall–Kier alpha value is -1.70. The number of carbonyl (C=O) groups excluding carboxylic acids is 1. The van der Waals surface area contributed by atoms with Crippen LogP contribution in [-0.4, -0.2) is 46.7 Å². The molecule has 5 heteroatoms. The van der Waals surface area contributed by atoms with Gasteiger partial charge in [-0.2, -0.15) is 0 Å². The Bertz CT molecular complexity index is 823. The summed E-state index contributed by atoms with van der Waals surface area (Å²) in [6.07, 6.45) is 4.40. The van der Waals surface area contributed by atoms with Crippen LogP contribution in [0.5, 0.6) is 0 Å². The fourth-order valence-electron chi connectivity index (χ4n) is 2.22. The average molecular weight is 455 g/mol. The molecule has 0 saturated heterocycles. The monoisotopic (exact) mass is 455 g/mol. The van der Waals surface area contributed by atoms with Crippen molar-refractivity contribution in [3.8, 4) is 11.1 Å². The number of aryl methyl sites for hydroxylation is 1. The molecule has 96 valence electrons. The molecule has 0 atom stereocenters. The van der Waals surface area contributed by atoms with Crippen LogP contribution in [0.15, 0.2) is 36.8 Å². The number of benzene rings is 1. The second-order valence-electron chi connectivity index (χ2n) is 4.58. The first kappa shape index (κ1) is 13.3. The first-order valence-corrected chi connectivity index (χ1v) is 11.4. The van der Waals surface area contributed by atoms with E-state index in [1.807, 2.05) is 19.3 Å². The summed E-state index contributed by atoms with van der Waals surface area (Å²) in [5.41, 5.74) is 5.59. The molecule has 0 saturated carbocycles. The van der Waals surface area contributed by atoms with Crippen LogP contribution in [0, 0.1) is 6.92 Å². The Morgan fingerprint density at radius 3 is 2.80 bits per heavy atom. The molecule has 3 aromatic rings. The minimum atomic E-state index is -1.12. The number of hydrogen-bond acceptors (Lipinski definition) is 3. The van der Waals surface area contributed by atoms with Gasteiger partial charge in [-0.1, -0.05) is 0 Å². The van der Waals surface area contributed by atoms with Gasteiger partial charge in [0.1, 0.15) is 0 Å². The number of hydrogen-bond donors (Lipinski definition) is 0. The van der Waals surface area contributed by atoms with E-state index in [1.54, 1.807) is 6.20 Å². The molecule has 0 amide bonds. The molecule has 1 aromatic carbocycles. The molecule has 0 unspecified atom stereocenters. The van der Waals surface area contributed by atoms with Crippen molar-refractivity contribution in [2.75, 3.05) is 0 Å². The van der Waals surface area contributed by atoms with Crippen molar-refractivity contribution in [3.05, 3.63) is 48.0 Å². The molecule has 2 heterocycles. The van der Waals surface area contributed by atoms with Gasteiger partial charge in [-0.3, -0.25) is 0 Å². The molecule has 0 radical (unpaired) electrons. The SMILES string of the molecule is [CH2]=[Tl][n]1cnc2cc(-c3cnc(C=O)c(C)c3)ccc21. The molecular formula is C15H12N3OTl. The molecule has 0 bridgehead atoms. The summed E-state index contributed by atoms with van der Waals surface area (Å²) in [5.74, 6) is 0. The number of nitrogens with zero attached hydrogens (tertiary/aromatic N) is 3. The zero-order valence-corrected chi connectivity index (χ0v) is 15.6. The third-order valence-corrected chi connectivity index (χ3v) is 6.46. The van der Waals surface area contributed by atoms with Gasteiger partial charge in [-0.25, -0.2) is 0 Å². The molecule has 20 heavy (non-hydrogen) atoms. The fraction of sp³-hybridized carbons (Fsp3) is 0.0667. The maximum absolute atomic E-state index is 10.8. The van der Waals surface area contributed by atoms with Crippen LogP contribution in [-0.2, 0) is 0 Å². The number of fused-ring (bicyclic) bond motifs is 1. The van der Waals surface area contributed by atoms with Gasteiger partial charge in [0.25, 0.3) is 0 Å². The minimum absolute atomic E-state index is 0.491. The van der Waals surface area contributed by atoms with Crippen LogP contribution >= 0.6 is 0 Å². The molecule has 3 rings (SSSR count). The first-order chi connectivity index (χ1) is 9.72. The van der Waals surface area contributed by atoms with Gasteiger partial charge in [0.15, 0.2) is 0 Å². The quantitative estimate of drug-likeness (QED) is 0.450. The van der Waals surface area contributed by atoms with Gasteiger partial charge in [0.2, 0.25) is 0 Å². The molecule has 0 spiro atoms. The van der Waals surface area contributed by atoms with Gasteiger partial charge in [-0.05, 0) is 0 Å². The van der Waals surface area contributed by atoms with E-state index in [1.165, 1.54) is 0 Å². The fourth-order valence-corrected chi connectivity index (χ4v) is 4.46. The summed E-state index contributed by atoms with van der Waals surface area (Å²) in [5, 5.41) is 0. The topological polar surface area (TPSA) is 47.8 Å². The van der Waals surface area contributed by atoms with Crippen molar-refractivity contribution in [1.82, 2.24) is 12.3 Å². The molecule has 2 aromatic heterocycles. The van der Waals surface area contributed by atoms with Gasteiger partial charge in [-0.15, -0.1) is 0 Å². The van der Waals surface area contributed by atoms with Crippen LogP contribution in [0.25, 0.3) is 22.2 Å². The number of aldehydes is 1. The second kappa shape index (κ2) is 5.36. The maximum atomic E-state index is 10.8. The standard InChI is InChI=1S/C14H11N3O.CH2.Tl/c1-9-4-11(6-15-14(9)7-18)10-2-3-12-13(5-10)17-8-16-12;;/h2-8H,1H3,(H,16,17,18);1H2;/q;;+1/p-1. The Balaban J connectivity index is 2.12. The van der Waals surface area contributed by atoms with Crippen LogP contribution in [0.3, 0.4) is 0 Å². The number of pyridine rings is 1. The summed E-state index contributed by atoms with van der Waals surface area (Å²) < 4.78 is 6.28. The predicted octanol–water partition coefficient (Wildman–Crippen LogP) is 2.12. The van der Waals surface area contributed by atoms with Crippen LogP contribution in [0.1, 0.15) is 16.1 Å². The number of rotatable bonds is 3. The zero-order valence-electron chi connectivity index (χ0n) is 11.1. The van der Waals surface area contributed by atoms with E-state index < -0.39 is 24.0 Å². The molecule has 0 aliphatic heterocycles. The molecule has 4 nitrogen and oxygen atoms in total. The van der Waals surface area contributed by atoms with Crippen molar-refractivity contribution in [2.24, 2.45) is 0 Å². The molecular weight excluding hydrogens is 443 g/mol. The van der Waals surface area contributed by atoms with E-state index in [0.29, 0.717) is 5.69 Å². The van der Waals surface area contributed by atoms with Crippen LogP contribution in [0.2, 0.25) is 0 Å². The number of carbonyl (C=O) groups is 1. The first-order valence-electron chi connectivity index (χ1n) is 6.24. The zero-order chi connectivity index (χ0) is 14.1. The van der Waals surface area contributed by atoms with Crippen LogP contribution < -0.4 is 0 Å². The van der Waals surface area contributed by atoms with E-state index >= 15 is 0 Å². The third-order valence-electron chi connectivity index (χ3n) is 3.34. The second-order valence-corrected chi connectivity index (χ2v) is 8.16. The van der Waals surface area contributed by atoms with Crippen molar-refractivity contribution in [3.63, 3.8) is 0 Å². The normalized spacial score (nSPS) is 10.4. The van der Waals surface area contributed by atoms with E-state index in [-0.39, 0.29) is 0 Å². The van der Waals surface area contributed by atoms with E-state index in [9.17, 15) is 4.79 Å². The van der Waals surface area contributed by atoms with E-state index in [0.717, 1.165) is 34.0 Å². The van der Waals surface area contributed by atoms with Gasteiger partial charge in [0, 0.05) is 0 Å². The van der Waals surface area contributed by atoms with E-state index in [4.69, 9.17) is 0 Å². The predicted molar refractivity (Wildman–Crippen MR) is 81.4 cm³/mol.